The van der Waals surface area contributed by atoms with Crippen LogP contribution in [0, 0.1) is 0 Å². The van der Waals surface area contributed by atoms with E-state index in [1.807, 2.05) is 33.3 Å². The number of rotatable bonds is 58. The van der Waals surface area contributed by atoms with Gasteiger partial charge in [0.05, 0.1) is 33.8 Å². The summed E-state index contributed by atoms with van der Waals surface area (Å²) in [6.07, 6.45) is 75.9. The fourth-order valence-electron chi connectivity index (χ4n) is 9.08. The number of quaternary nitrogens is 1. The van der Waals surface area contributed by atoms with Gasteiger partial charge < -0.3 is 19.4 Å². The van der Waals surface area contributed by atoms with Crippen molar-refractivity contribution in [3.8, 4) is 0 Å². The highest BCUT2D eigenvalue weighted by Gasteiger charge is 2.30. The van der Waals surface area contributed by atoms with Crippen molar-refractivity contribution in [2.75, 3.05) is 40.9 Å². The first-order valence-electron chi connectivity index (χ1n) is 32.4. The second-order valence-electron chi connectivity index (χ2n) is 22.9. The molecule has 0 aromatic heterocycles. The van der Waals surface area contributed by atoms with Crippen LogP contribution in [0.15, 0.2) is 85.1 Å². The summed E-state index contributed by atoms with van der Waals surface area (Å²) in [5, 5.41) is 3.05. The van der Waals surface area contributed by atoms with Crippen LogP contribution in [-0.4, -0.2) is 74.3 Å². The Bertz CT molecular complexity index is 1610. The second-order valence-corrected chi connectivity index (χ2v) is 24.4. The highest BCUT2D eigenvalue weighted by molar-refractivity contribution is 7.47. The molecule has 0 aliphatic carbocycles. The Morgan fingerprint density at radius 2 is 0.821 bits per heavy atom. The average molecular weight is 1110 g/mol. The normalized spacial score (nSPS) is 14.2. The maximum atomic E-state index is 13.6. The molecule has 2 N–H and O–H groups in total. The summed E-state index contributed by atoms with van der Waals surface area (Å²) < 4.78 is 30.7. The third-order valence-electron chi connectivity index (χ3n) is 14.1. The number of carbonyl (C=O) groups excluding carboxylic acids is 2. The van der Waals surface area contributed by atoms with Crippen molar-refractivity contribution < 1.29 is 37.3 Å². The molecule has 0 aromatic rings. The third kappa shape index (κ3) is 57.9. The minimum absolute atomic E-state index is 0.0350. The summed E-state index contributed by atoms with van der Waals surface area (Å²) in [4.78, 5) is 37.7. The summed E-state index contributed by atoms with van der Waals surface area (Å²) in [6, 6.07) is -0.858. The molecule has 0 radical (unpaired) electrons. The number of phosphoric acid groups is 1. The monoisotopic (exact) mass is 1110 g/mol. The number of amides is 1. The van der Waals surface area contributed by atoms with Crippen LogP contribution in [-0.2, 0) is 27.9 Å². The lowest BCUT2D eigenvalue weighted by Crippen LogP contribution is -2.47. The Labute approximate surface area is 482 Å². The Morgan fingerprint density at radius 3 is 1.26 bits per heavy atom. The van der Waals surface area contributed by atoms with Crippen LogP contribution in [0.5, 0.6) is 0 Å². The number of phosphoric ester groups is 1. The number of ether oxygens (including phenoxy) is 1. The smallest absolute Gasteiger partial charge is 0.456 e. The number of nitrogens with one attached hydrogen (secondary N) is 1. The fourth-order valence-corrected chi connectivity index (χ4v) is 9.82. The molecular formula is C68H124N2O7P+. The molecule has 0 aliphatic heterocycles. The Morgan fingerprint density at radius 1 is 0.462 bits per heavy atom. The molecule has 9 nitrogen and oxygen atoms in total. The van der Waals surface area contributed by atoms with Gasteiger partial charge >= 0.3 is 13.8 Å². The molecule has 0 rings (SSSR count). The topological polar surface area (TPSA) is 111 Å². The van der Waals surface area contributed by atoms with Crippen molar-refractivity contribution in [3.05, 3.63) is 85.1 Å². The predicted molar refractivity (Wildman–Crippen MR) is 337 cm³/mol. The standard InChI is InChI=1S/C68H123N2O7P/c1-7-10-13-16-19-22-25-27-29-30-31-32-33-34-35-36-37-38-39-40-41-42-45-48-51-54-57-60-67(71)69-65(64-76-78(73,74)75-63-62-70(4,5)6)66(59-56-53-50-47-44-24-21-18-15-12-9-3)77-68(72)61-58-55-52-49-46-43-28-26-23-20-17-14-11-8-2/h10,13,19,22,27,29,31-32,34-35,43,46,56,59,65-66H,7-9,11-12,14-18,20-21,23-26,28,30,33,36-42,44-45,47-55,57-58,60-64H2,1-6H3,(H-,69,71,73,74)/p+1/b13-10-,22-19-,29-27-,32-31-,35-34-,46-43-,59-56-. The zero-order valence-electron chi connectivity index (χ0n) is 51.6. The Balaban J connectivity index is 5.06. The van der Waals surface area contributed by atoms with E-state index in [0.717, 1.165) is 96.3 Å². The lowest BCUT2D eigenvalue weighted by molar-refractivity contribution is -0.870. The highest BCUT2D eigenvalue weighted by atomic mass is 31.2. The maximum Gasteiger partial charge on any atom is 0.472 e. The van der Waals surface area contributed by atoms with Gasteiger partial charge in [0.25, 0.3) is 0 Å². The van der Waals surface area contributed by atoms with Crippen molar-refractivity contribution >= 4 is 19.7 Å². The Hall–Kier alpha value is -2.81. The number of nitrogens with zero attached hydrogens (tertiary/aromatic N) is 1. The number of carbonyl (C=O) groups is 2. The molecule has 452 valence electrons. The predicted octanol–water partition coefficient (Wildman–Crippen LogP) is 20.2. The molecule has 0 aliphatic rings. The lowest BCUT2D eigenvalue weighted by atomic mass is 10.0. The number of hydrogen-bond donors (Lipinski definition) is 2. The van der Waals surface area contributed by atoms with Gasteiger partial charge in [0.15, 0.2) is 0 Å². The molecule has 0 bridgehead atoms. The minimum Gasteiger partial charge on any atom is -0.456 e. The number of likely N-dealkylation sites (N-methyl/N-ethyl adjacent to an activating group) is 1. The van der Waals surface area contributed by atoms with Crippen LogP contribution in [0.25, 0.3) is 0 Å². The minimum atomic E-state index is -4.45. The molecular weight excluding hydrogens is 988 g/mol. The first-order valence-corrected chi connectivity index (χ1v) is 33.9. The van der Waals surface area contributed by atoms with Gasteiger partial charge in [-0.3, -0.25) is 18.6 Å². The summed E-state index contributed by atoms with van der Waals surface area (Å²) in [5.74, 6) is -0.526. The SMILES string of the molecule is CC/C=C\C/C=C\C/C=C\C/C=C\C/C=C\CCCCCCCCCCCCCC(=O)NC(COP(=O)(O)OCC[N+](C)(C)C)C(/C=C\CCCCCCCCCCC)OC(=O)CCCCC/C=C\CCCCCCCCC. The lowest BCUT2D eigenvalue weighted by Gasteiger charge is -2.27. The van der Waals surface area contributed by atoms with Crippen LogP contribution in [0.3, 0.4) is 0 Å². The quantitative estimate of drug-likeness (QED) is 0.0205. The molecule has 0 saturated heterocycles. The largest absolute Gasteiger partial charge is 0.472 e. The van der Waals surface area contributed by atoms with E-state index < -0.39 is 20.0 Å². The Kier molecular flexibility index (Phi) is 55.4. The van der Waals surface area contributed by atoms with E-state index in [1.54, 1.807) is 0 Å². The molecule has 3 atom stereocenters. The highest BCUT2D eigenvalue weighted by Crippen LogP contribution is 2.43. The van der Waals surface area contributed by atoms with Gasteiger partial charge in [-0.05, 0) is 102 Å². The first kappa shape index (κ1) is 75.2. The van der Waals surface area contributed by atoms with E-state index in [0.29, 0.717) is 23.9 Å². The van der Waals surface area contributed by atoms with Crippen molar-refractivity contribution in [1.29, 1.82) is 0 Å². The third-order valence-corrected chi connectivity index (χ3v) is 15.1. The van der Waals surface area contributed by atoms with Crippen LogP contribution in [0.2, 0.25) is 0 Å². The molecule has 10 heteroatoms. The molecule has 0 aromatic carbocycles. The van der Waals surface area contributed by atoms with Crippen LogP contribution >= 0.6 is 7.82 Å². The summed E-state index contributed by atoms with van der Waals surface area (Å²) in [6.45, 7) is 6.88. The van der Waals surface area contributed by atoms with Gasteiger partial charge in [-0.2, -0.15) is 0 Å². The summed E-state index contributed by atoms with van der Waals surface area (Å²) >= 11 is 0. The van der Waals surface area contributed by atoms with E-state index in [4.69, 9.17) is 13.8 Å². The van der Waals surface area contributed by atoms with Crippen LogP contribution < -0.4 is 5.32 Å². The molecule has 1 amide bonds. The molecule has 0 fully saturated rings. The van der Waals surface area contributed by atoms with Gasteiger partial charge in [0, 0.05) is 12.8 Å². The van der Waals surface area contributed by atoms with Crippen molar-refractivity contribution in [2.24, 2.45) is 0 Å². The number of esters is 1. The molecule has 3 unspecified atom stereocenters. The van der Waals surface area contributed by atoms with Crippen LogP contribution in [0.1, 0.15) is 284 Å². The van der Waals surface area contributed by atoms with E-state index in [2.05, 4.69) is 99.0 Å². The van der Waals surface area contributed by atoms with Crippen LogP contribution in [0.4, 0.5) is 0 Å². The fraction of sp³-hybridized carbons (Fsp3) is 0.765. The van der Waals surface area contributed by atoms with E-state index in [1.165, 1.54) is 148 Å². The van der Waals surface area contributed by atoms with Crippen molar-refractivity contribution in [1.82, 2.24) is 5.32 Å². The van der Waals surface area contributed by atoms with Gasteiger partial charge in [-0.1, -0.05) is 254 Å². The second kappa shape index (κ2) is 57.4. The molecule has 0 spiro atoms. The van der Waals surface area contributed by atoms with Crippen molar-refractivity contribution in [3.63, 3.8) is 0 Å². The first-order chi connectivity index (χ1) is 37.9. The zero-order chi connectivity index (χ0) is 57.2. The van der Waals surface area contributed by atoms with E-state index >= 15 is 0 Å². The van der Waals surface area contributed by atoms with Crippen molar-refractivity contribution in [2.45, 2.75) is 296 Å². The number of unbranched alkanes of at least 4 members (excludes halogenated alkanes) is 30. The summed E-state index contributed by atoms with van der Waals surface area (Å²) in [7, 11) is 1.48. The van der Waals surface area contributed by atoms with Gasteiger partial charge in [-0.25, -0.2) is 4.57 Å². The molecule has 0 saturated carbocycles. The maximum absolute atomic E-state index is 13.6. The summed E-state index contributed by atoms with van der Waals surface area (Å²) in [5.41, 5.74) is 0. The zero-order valence-corrected chi connectivity index (χ0v) is 52.5. The molecule has 0 heterocycles. The van der Waals surface area contributed by atoms with E-state index in [-0.39, 0.29) is 31.5 Å². The molecule has 78 heavy (non-hydrogen) atoms. The average Bonchev–Trinajstić information content (AvgIpc) is 3.41. The van der Waals surface area contributed by atoms with Gasteiger partial charge in [0.1, 0.15) is 19.3 Å². The van der Waals surface area contributed by atoms with Gasteiger partial charge in [0.2, 0.25) is 5.91 Å². The number of allylic oxidation sites excluding steroid dienone is 13. The van der Waals surface area contributed by atoms with E-state index in [9.17, 15) is 19.0 Å². The number of hydrogen-bond acceptors (Lipinski definition) is 6. The van der Waals surface area contributed by atoms with Gasteiger partial charge in [-0.15, -0.1) is 0 Å².